The molecule has 0 saturated heterocycles. The quantitative estimate of drug-likeness (QED) is 0.600. The fraction of sp³-hybridized carbons (Fsp3) is 0.0833. The Morgan fingerprint density at radius 2 is 1.81 bits per heavy atom. The van der Waals surface area contributed by atoms with E-state index in [0.29, 0.717) is 5.39 Å². The number of fused-ring (bicyclic) bond motifs is 1. The summed E-state index contributed by atoms with van der Waals surface area (Å²) in [6.07, 6.45) is 0. The molecule has 3 nitrogen and oxygen atoms in total. The third-order valence-electron chi connectivity index (χ3n) is 2.44. The average Bonchev–Trinajstić information content (AvgIpc) is 2.23. The van der Waals surface area contributed by atoms with Gasteiger partial charge in [0.1, 0.15) is 5.75 Å². The smallest absolute Gasteiger partial charge is 0.545 e. The van der Waals surface area contributed by atoms with Crippen LogP contribution in [0.2, 0.25) is 0 Å². The van der Waals surface area contributed by atoms with Crippen LogP contribution in [0.25, 0.3) is 10.8 Å². The first-order valence-electron chi connectivity index (χ1n) is 4.54. The van der Waals surface area contributed by atoms with Gasteiger partial charge in [0.25, 0.3) is 0 Å². The predicted octanol–water partition coefficient (Wildman–Crippen LogP) is -1.78. The number of carbonyl (C=O) groups excluding carboxylic acids is 1. The monoisotopic (exact) mass is 240 g/mol. The van der Waals surface area contributed by atoms with Crippen molar-refractivity contribution in [3.63, 3.8) is 0 Å². The minimum absolute atomic E-state index is 0. The maximum atomic E-state index is 10.7. The molecule has 0 aromatic heterocycles. The molecule has 0 fully saturated rings. The number of aromatic hydroxyl groups is 1. The van der Waals surface area contributed by atoms with Crippen LogP contribution in [-0.2, 0) is 0 Å². The number of rotatable bonds is 1. The fourth-order valence-electron chi connectivity index (χ4n) is 1.70. The zero-order valence-corrected chi connectivity index (χ0v) is 12.3. The molecule has 16 heavy (non-hydrogen) atoms. The summed E-state index contributed by atoms with van der Waals surface area (Å²) in [5.41, 5.74) is 0.647. The van der Waals surface area contributed by atoms with Crippen LogP contribution in [0.3, 0.4) is 0 Å². The molecule has 0 heterocycles. The summed E-state index contributed by atoms with van der Waals surface area (Å²) in [5.74, 6) is -1.59. The van der Waals surface area contributed by atoms with Gasteiger partial charge >= 0.3 is 51.4 Å². The van der Waals surface area contributed by atoms with E-state index in [2.05, 4.69) is 0 Å². The van der Waals surface area contributed by atoms with Crippen LogP contribution in [0.5, 0.6) is 5.75 Å². The summed E-state index contributed by atoms with van der Waals surface area (Å²) >= 11 is 0. The molecule has 2 aromatic rings. The maximum Gasteiger partial charge on any atom is 1.00 e. The Morgan fingerprint density at radius 3 is 2.38 bits per heavy atom. The molecule has 0 saturated carbocycles. The van der Waals surface area contributed by atoms with Gasteiger partial charge in [-0.3, -0.25) is 0 Å². The first kappa shape index (κ1) is 13.7. The first-order valence-corrected chi connectivity index (χ1v) is 4.54. The molecule has 0 aliphatic rings. The fourth-order valence-corrected chi connectivity index (χ4v) is 1.70. The van der Waals surface area contributed by atoms with Crippen LogP contribution in [0.4, 0.5) is 0 Å². The van der Waals surface area contributed by atoms with Gasteiger partial charge in [-0.05, 0) is 23.9 Å². The second kappa shape index (κ2) is 5.29. The van der Waals surface area contributed by atoms with Crippen molar-refractivity contribution in [2.45, 2.75) is 6.92 Å². The number of benzene rings is 2. The number of carboxylic acids is 1. The Bertz CT molecular complexity index is 549. The maximum absolute atomic E-state index is 10.7. The second-order valence-electron chi connectivity index (χ2n) is 3.42. The summed E-state index contributed by atoms with van der Waals surface area (Å²) in [6, 6.07) is 8.54. The van der Waals surface area contributed by atoms with E-state index in [-0.39, 0.29) is 62.7 Å². The Kier molecular flexibility index (Phi) is 4.52. The van der Waals surface area contributed by atoms with Gasteiger partial charge in [-0.1, -0.05) is 24.3 Å². The number of phenols is 1. The van der Waals surface area contributed by atoms with Gasteiger partial charge in [-0.2, -0.15) is 0 Å². The van der Waals surface area contributed by atoms with E-state index >= 15 is 0 Å². The number of aryl methyl sites for hydroxylation is 1. The van der Waals surface area contributed by atoms with Crippen molar-refractivity contribution in [2.24, 2.45) is 0 Å². The molecular formula is C12H9KO3. The Hall–Kier alpha value is -0.394. The van der Waals surface area contributed by atoms with Gasteiger partial charge in [0.05, 0.1) is 5.97 Å². The summed E-state index contributed by atoms with van der Waals surface area (Å²) in [7, 11) is 0. The van der Waals surface area contributed by atoms with E-state index in [9.17, 15) is 15.0 Å². The number of hydrogen-bond donors (Lipinski definition) is 1. The zero-order chi connectivity index (χ0) is 11.0. The van der Waals surface area contributed by atoms with E-state index in [1.165, 1.54) is 6.07 Å². The third-order valence-corrected chi connectivity index (χ3v) is 2.44. The normalized spacial score (nSPS) is 9.81. The predicted molar refractivity (Wildman–Crippen MR) is 54.7 cm³/mol. The molecule has 0 atom stereocenters. The molecule has 0 aliphatic carbocycles. The van der Waals surface area contributed by atoms with Crippen molar-refractivity contribution in [1.82, 2.24) is 0 Å². The Morgan fingerprint density at radius 1 is 1.25 bits per heavy atom. The van der Waals surface area contributed by atoms with Crippen molar-refractivity contribution in [2.75, 3.05) is 0 Å². The number of hydrogen-bond acceptors (Lipinski definition) is 3. The van der Waals surface area contributed by atoms with Crippen molar-refractivity contribution in [3.8, 4) is 5.75 Å². The molecule has 2 rings (SSSR count). The molecule has 0 radical (unpaired) electrons. The van der Waals surface area contributed by atoms with E-state index < -0.39 is 5.97 Å². The first-order chi connectivity index (χ1) is 7.11. The minimum atomic E-state index is -1.36. The molecule has 0 aliphatic heterocycles. The molecule has 0 unspecified atom stereocenters. The van der Waals surface area contributed by atoms with Gasteiger partial charge in [0.15, 0.2) is 0 Å². The number of aromatic carboxylic acids is 1. The zero-order valence-electron chi connectivity index (χ0n) is 9.15. The van der Waals surface area contributed by atoms with Gasteiger partial charge in [-0.15, -0.1) is 0 Å². The summed E-state index contributed by atoms with van der Waals surface area (Å²) < 4.78 is 0. The van der Waals surface area contributed by atoms with Crippen molar-refractivity contribution in [1.29, 1.82) is 0 Å². The van der Waals surface area contributed by atoms with Crippen molar-refractivity contribution >= 4 is 16.7 Å². The van der Waals surface area contributed by atoms with Gasteiger partial charge in [0, 0.05) is 10.9 Å². The molecule has 2 aromatic carbocycles. The Balaban J connectivity index is 0.00000128. The van der Waals surface area contributed by atoms with E-state index in [0.717, 1.165) is 10.9 Å². The van der Waals surface area contributed by atoms with Crippen LogP contribution in [0.15, 0.2) is 30.3 Å². The van der Waals surface area contributed by atoms with Crippen LogP contribution in [0.1, 0.15) is 15.9 Å². The SMILES string of the molecule is Cc1cc(C(=O)[O-])c(O)c2ccccc12.[K+]. The van der Waals surface area contributed by atoms with E-state index in [1.54, 1.807) is 19.1 Å². The van der Waals surface area contributed by atoms with Crippen LogP contribution >= 0.6 is 0 Å². The summed E-state index contributed by atoms with van der Waals surface area (Å²) in [5, 5.41) is 21.9. The van der Waals surface area contributed by atoms with Crippen LogP contribution in [-0.4, -0.2) is 11.1 Å². The molecule has 0 spiro atoms. The topological polar surface area (TPSA) is 60.4 Å². The molecule has 4 heteroatoms. The summed E-state index contributed by atoms with van der Waals surface area (Å²) in [4.78, 5) is 10.7. The largest absolute Gasteiger partial charge is 1.00 e. The molecule has 0 amide bonds. The van der Waals surface area contributed by atoms with Gasteiger partial charge < -0.3 is 15.0 Å². The molecule has 76 valence electrons. The average molecular weight is 240 g/mol. The molecular weight excluding hydrogens is 231 g/mol. The summed E-state index contributed by atoms with van der Waals surface area (Å²) in [6.45, 7) is 1.80. The number of carbonyl (C=O) groups is 1. The van der Waals surface area contributed by atoms with E-state index in [1.807, 2.05) is 12.1 Å². The van der Waals surface area contributed by atoms with Crippen LogP contribution in [0, 0.1) is 6.92 Å². The standard InChI is InChI=1S/C12H10O3.K/c1-7-6-10(12(14)15)11(13)9-5-3-2-4-8(7)9;/h2-6,13H,1H3,(H,14,15);/q;+1/p-1. The van der Waals surface area contributed by atoms with E-state index in [4.69, 9.17) is 0 Å². The minimum Gasteiger partial charge on any atom is -0.545 e. The number of carboxylic acid groups (broad SMARTS) is 1. The van der Waals surface area contributed by atoms with Gasteiger partial charge in [-0.25, -0.2) is 0 Å². The molecule has 0 bridgehead atoms. The Labute approximate surface area is 136 Å². The third kappa shape index (κ3) is 2.31. The van der Waals surface area contributed by atoms with Crippen LogP contribution < -0.4 is 56.5 Å². The van der Waals surface area contributed by atoms with Gasteiger partial charge in [0.2, 0.25) is 0 Å². The van der Waals surface area contributed by atoms with Crippen molar-refractivity contribution < 1.29 is 66.4 Å². The van der Waals surface area contributed by atoms with Crippen molar-refractivity contribution in [3.05, 3.63) is 41.5 Å². The molecule has 1 N–H and O–H groups in total. The second-order valence-corrected chi connectivity index (χ2v) is 3.42.